The van der Waals surface area contributed by atoms with Crippen LogP contribution in [0.2, 0.25) is 0 Å². The molecule has 2 unspecified atom stereocenters. The van der Waals surface area contributed by atoms with Gasteiger partial charge in [0.25, 0.3) is 0 Å². The molecule has 0 amide bonds. The number of benzene rings is 1. The van der Waals surface area contributed by atoms with Crippen LogP contribution in [0.25, 0.3) is 0 Å². The summed E-state index contributed by atoms with van der Waals surface area (Å²) in [6.07, 6.45) is -5.34. The number of allylic oxidation sites excluding steroid dienone is 2. The molecule has 3 aliphatic rings. The zero-order chi connectivity index (χ0) is 20.3. The van der Waals surface area contributed by atoms with Crippen LogP contribution in [-0.4, -0.2) is 42.8 Å². The van der Waals surface area contributed by atoms with Gasteiger partial charge in [-0.3, -0.25) is 0 Å². The van der Waals surface area contributed by atoms with Crippen molar-refractivity contribution in [2.45, 2.75) is 24.5 Å². The quantitative estimate of drug-likeness (QED) is 0.591. The number of halogens is 7. The standard InChI is InChI=1S/C17H11BrF6N2O2/c18-9-1-2-10-11(4-9)27-6-13(19)16(10)7-26-5-8(17(22,23)24)3-12(14(26)25-16)28-15(20)21/h1-5,13,15H,6-7H2. The van der Waals surface area contributed by atoms with E-state index in [1.54, 1.807) is 18.2 Å². The lowest BCUT2D eigenvalue weighted by Crippen LogP contribution is -2.46. The highest BCUT2D eigenvalue weighted by Crippen LogP contribution is 2.48. The van der Waals surface area contributed by atoms with Gasteiger partial charge in [-0.15, -0.1) is 0 Å². The van der Waals surface area contributed by atoms with Gasteiger partial charge in [-0.2, -0.15) is 22.0 Å². The van der Waals surface area contributed by atoms with E-state index in [9.17, 15) is 26.3 Å². The Morgan fingerprint density at radius 3 is 2.75 bits per heavy atom. The van der Waals surface area contributed by atoms with Gasteiger partial charge >= 0.3 is 12.8 Å². The van der Waals surface area contributed by atoms with Crippen LogP contribution < -0.4 is 4.74 Å². The molecule has 4 rings (SSSR count). The van der Waals surface area contributed by atoms with Gasteiger partial charge in [0.2, 0.25) is 0 Å². The number of alkyl halides is 6. The van der Waals surface area contributed by atoms with Gasteiger partial charge in [-0.25, -0.2) is 9.38 Å². The molecular weight excluding hydrogens is 458 g/mol. The second kappa shape index (κ2) is 6.43. The predicted molar refractivity (Wildman–Crippen MR) is 89.7 cm³/mol. The van der Waals surface area contributed by atoms with E-state index in [2.05, 4.69) is 25.7 Å². The number of hydrogen-bond donors (Lipinski definition) is 0. The van der Waals surface area contributed by atoms with Crippen LogP contribution in [-0.2, 0) is 10.3 Å². The first-order chi connectivity index (χ1) is 13.1. The molecule has 1 spiro atoms. The van der Waals surface area contributed by atoms with E-state index in [1.807, 2.05) is 0 Å². The number of hydrogen-bond acceptors (Lipinski definition) is 4. The van der Waals surface area contributed by atoms with Gasteiger partial charge in [-0.05, 0) is 18.2 Å². The summed E-state index contributed by atoms with van der Waals surface area (Å²) in [5.41, 5.74) is -2.49. The molecule has 0 N–H and O–H groups in total. The Morgan fingerprint density at radius 1 is 1.32 bits per heavy atom. The van der Waals surface area contributed by atoms with Crippen molar-refractivity contribution in [3.63, 3.8) is 0 Å². The molecule has 1 aromatic carbocycles. The average Bonchev–Trinajstić information content (AvgIpc) is 2.98. The number of fused-ring (bicyclic) bond motifs is 3. The van der Waals surface area contributed by atoms with Gasteiger partial charge < -0.3 is 14.4 Å². The Kier molecular flexibility index (Phi) is 4.40. The molecule has 0 bridgehead atoms. The highest BCUT2D eigenvalue weighted by molar-refractivity contribution is 9.10. The van der Waals surface area contributed by atoms with E-state index >= 15 is 0 Å². The number of aliphatic imine (C=N–C) groups is 1. The highest BCUT2D eigenvalue weighted by Gasteiger charge is 2.53. The Morgan fingerprint density at radius 2 is 2.07 bits per heavy atom. The molecule has 4 nitrogen and oxygen atoms in total. The van der Waals surface area contributed by atoms with E-state index < -0.39 is 35.8 Å². The highest BCUT2D eigenvalue weighted by atomic mass is 79.9. The lowest BCUT2D eigenvalue weighted by Gasteiger charge is -2.36. The second-order valence-corrected chi connectivity index (χ2v) is 7.29. The number of rotatable bonds is 2. The van der Waals surface area contributed by atoms with Crippen LogP contribution in [0.4, 0.5) is 26.3 Å². The van der Waals surface area contributed by atoms with Gasteiger partial charge in [0, 0.05) is 16.2 Å². The van der Waals surface area contributed by atoms with Crippen LogP contribution in [0.1, 0.15) is 5.56 Å². The lowest BCUT2D eigenvalue weighted by atomic mass is 9.84. The van der Waals surface area contributed by atoms with E-state index in [4.69, 9.17) is 4.74 Å². The fourth-order valence-corrected chi connectivity index (χ4v) is 3.77. The molecule has 11 heteroatoms. The lowest BCUT2D eigenvalue weighted by molar-refractivity contribution is -0.0981. The molecular formula is C17H11BrF6N2O2. The summed E-state index contributed by atoms with van der Waals surface area (Å²) < 4.78 is 90.3. The number of ether oxygens (including phenoxy) is 2. The van der Waals surface area contributed by atoms with E-state index in [1.165, 1.54) is 0 Å². The van der Waals surface area contributed by atoms with Gasteiger partial charge in [0.15, 0.2) is 17.8 Å². The van der Waals surface area contributed by atoms with Gasteiger partial charge in [-0.1, -0.05) is 22.0 Å². The van der Waals surface area contributed by atoms with Crippen LogP contribution in [0.5, 0.6) is 5.75 Å². The topological polar surface area (TPSA) is 34.1 Å². The fourth-order valence-electron chi connectivity index (χ4n) is 3.43. The van der Waals surface area contributed by atoms with Crippen LogP contribution in [0.3, 0.4) is 0 Å². The fraction of sp³-hybridized carbons (Fsp3) is 0.353. The maximum Gasteiger partial charge on any atom is 0.417 e. The van der Waals surface area contributed by atoms with Crippen molar-refractivity contribution in [1.82, 2.24) is 4.90 Å². The second-order valence-electron chi connectivity index (χ2n) is 6.38. The van der Waals surface area contributed by atoms with Crippen molar-refractivity contribution in [1.29, 1.82) is 0 Å². The smallest absolute Gasteiger partial charge is 0.417 e. The zero-order valence-corrected chi connectivity index (χ0v) is 15.4. The molecule has 3 heterocycles. The summed E-state index contributed by atoms with van der Waals surface area (Å²) in [5, 5.41) is 0. The van der Waals surface area contributed by atoms with E-state index in [0.717, 1.165) is 4.90 Å². The van der Waals surface area contributed by atoms with Crippen molar-refractivity contribution in [3.05, 3.63) is 51.8 Å². The first kappa shape index (κ1) is 19.2. The number of amidine groups is 1. The van der Waals surface area contributed by atoms with Crippen molar-refractivity contribution >= 4 is 21.8 Å². The summed E-state index contributed by atoms with van der Waals surface area (Å²) in [5.74, 6) is -0.737. The Balaban J connectivity index is 1.84. The number of nitrogens with zero attached hydrogens (tertiary/aromatic N) is 2. The molecule has 0 saturated heterocycles. The monoisotopic (exact) mass is 468 g/mol. The molecule has 0 aromatic heterocycles. The third-order valence-corrected chi connectivity index (χ3v) is 5.14. The summed E-state index contributed by atoms with van der Waals surface area (Å²) in [6.45, 7) is -4.05. The third kappa shape index (κ3) is 3.05. The normalized spacial score (nSPS) is 26.4. The molecule has 150 valence electrons. The molecule has 0 aliphatic carbocycles. The predicted octanol–water partition coefficient (Wildman–Crippen LogP) is 4.67. The molecule has 0 radical (unpaired) electrons. The van der Waals surface area contributed by atoms with Crippen LogP contribution in [0, 0.1) is 0 Å². The first-order valence-corrected chi connectivity index (χ1v) is 8.79. The van der Waals surface area contributed by atoms with Gasteiger partial charge in [0.1, 0.15) is 17.9 Å². The maximum absolute atomic E-state index is 15.0. The van der Waals surface area contributed by atoms with Crippen molar-refractivity contribution < 1.29 is 35.8 Å². The Labute approximate surface area is 163 Å². The van der Waals surface area contributed by atoms with Crippen LogP contribution >= 0.6 is 15.9 Å². The average molecular weight is 469 g/mol. The molecule has 2 atom stereocenters. The van der Waals surface area contributed by atoms with Crippen molar-refractivity contribution in [2.75, 3.05) is 13.2 Å². The van der Waals surface area contributed by atoms with Crippen molar-refractivity contribution in [3.8, 4) is 5.75 Å². The molecule has 1 aromatic rings. The SMILES string of the molecule is FC(F)OC1=CC(C(F)(F)F)=CN2CC3(N=C12)c1ccc(Br)cc1OCC3F. The molecule has 0 fully saturated rings. The summed E-state index contributed by atoms with van der Waals surface area (Å²) >= 11 is 3.26. The Bertz CT molecular complexity index is 913. The van der Waals surface area contributed by atoms with Crippen LogP contribution in [0.15, 0.2) is 51.3 Å². The minimum Gasteiger partial charge on any atom is -0.490 e. The first-order valence-electron chi connectivity index (χ1n) is 7.99. The summed E-state index contributed by atoms with van der Waals surface area (Å²) in [4.78, 5) is 5.23. The van der Waals surface area contributed by atoms with E-state index in [0.29, 0.717) is 28.1 Å². The Hall–Kier alpha value is -2.17. The van der Waals surface area contributed by atoms with Crippen molar-refractivity contribution in [2.24, 2.45) is 4.99 Å². The van der Waals surface area contributed by atoms with Gasteiger partial charge in [0.05, 0.1) is 12.1 Å². The van der Waals surface area contributed by atoms with E-state index in [-0.39, 0.29) is 19.0 Å². The largest absolute Gasteiger partial charge is 0.490 e. The third-order valence-electron chi connectivity index (χ3n) is 4.65. The minimum atomic E-state index is -4.80. The summed E-state index contributed by atoms with van der Waals surface area (Å²) in [7, 11) is 0. The molecule has 3 aliphatic heterocycles. The maximum atomic E-state index is 15.0. The molecule has 28 heavy (non-hydrogen) atoms. The minimum absolute atomic E-state index is 0.285. The molecule has 0 saturated carbocycles. The zero-order valence-electron chi connectivity index (χ0n) is 13.8. The summed E-state index contributed by atoms with van der Waals surface area (Å²) in [6, 6.07) is 4.74.